The van der Waals surface area contributed by atoms with E-state index < -0.39 is 0 Å². The van der Waals surface area contributed by atoms with Crippen LogP contribution in [0.25, 0.3) is 17.0 Å². The molecule has 0 amide bonds. The average Bonchev–Trinajstić information content (AvgIpc) is 3.17. The highest BCUT2D eigenvalue weighted by molar-refractivity contribution is 6.35. The molecule has 31 heavy (non-hydrogen) atoms. The molecule has 3 aromatic heterocycles. The van der Waals surface area contributed by atoms with E-state index in [-0.39, 0.29) is 6.04 Å². The van der Waals surface area contributed by atoms with Crippen LogP contribution in [0.1, 0.15) is 18.5 Å². The molecule has 1 aliphatic rings. The number of benzene rings is 1. The lowest BCUT2D eigenvalue weighted by molar-refractivity contribution is 0.523. The Hall–Kier alpha value is -2.97. The molecule has 1 aromatic carbocycles. The molecular formula is C21H20Cl2N8. The molecule has 158 valence electrons. The van der Waals surface area contributed by atoms with Gasteiger partial charge in [0.2, 0.25) is 0 Å². The summed E-state index contributed by atoms with van der Waals surface area (Å²) in [5, 5.41) is 26.3. The fraction of sp³-hybridized carbons (Fsp3) is 0.286. The van der Waals surface area contributed by atoms with Crippen LogP contribution in [0.2, 0.25) is 10.0 Å². The van der Waals surface area contributed by atoms with E-state index in [2.05, 4.69) is 30.6 Å². The lowest BCUT2D eigenvalue weighted by Crippen LogP contribution is -2.42. The number of fused-ring (bicyclic) bond motifs is 1. The molecule has 0 spiro atoms. The van der Waals surface area contributed by atoms with Gasteiger partial charge in [-0.3, -0.25) is 0 Å². The zero-order valence-corrected chi connectivity index (χ0v) is 18.3. The third-order valence-electron chi connectivity index (χ3n) is 5.26. The van der Waals surface area contributed by atoms with Gasteiger partial charge in [0, 0.05) is 34.7 Å². The van der Waals surface area contributed by atoms with Crippen molar-refractivity contribution in [1.29, 1.82) is 0 Å². The number of halogens is 2. The van der Waals surface area contributed by atoms with E-state index in [1.54, 1.807) is 22.7 Å². The van der Waals surface area contributed by atoms with Gasteiger partial charge in [-0.15, -0.1) is 20.4 Å². The highest BCUT2D eigenvalue weighted by atomic mass is 35.5. The first-order valence-corrected chi connectivity index (χ1v) is 10.8. The first-order valence-electron chi connectivity index (χ1n) is 10.1. The van der Waals surface area contributed by atoms with Crippen LogP contribution in [0.5, 0.6) is 0 Å². The quantitative estimate of drug-likeness (QED) is 0.492. The van der Waals surface area contributed by atoms with E-state index in [4.69, 9.17) is 28.3 Å². The molecule has 1 fully saturated rings. The van der Waals surface area contributed by atoms with Gasteiger partial charge in [-0.25, -0.2) is 0 Å². The minimum absolute atomic E-state index is 0.238. The van der Waals surface area contributed by atoms with Crippen LogP contribution >= 0.6 is 23.2 Å². The number of nitrogens with one attached hydrogen (secondary N) is 1. The molecule has 4 heterocycles. The Morgan fingerprint density at radius 1 is 0.968 bits per heavy atom. The molecule has 0 aliphatic carbocycles. The van der Waals surface area contributed by atoms with Crippen LogP contribution in [0, 0.1) is 6.92 Å². The van der Waals surface area contributed by atoms with Crippen molar-refractivity contribution >= 4 is 40.5 Å². The summed E-state index contributed by atoms with van der Waals surface area (Å²) in [6.07, 6.45) is 2.11. The molecule has 1 saturated heterocycles. The highest BCUT2D eigenvalue weighted by Gasteiger charge is 2.22. The summed E-state index contributed by atoms with van der Waals surface area (Å²) in [4.78, 5) is 2.25. The van der Waals surface area contributed by atoms with Gasteiger partial charge in [0.1, 0.15) is 5.82 Å². The van der Waals surface area contributed by atoms with Gasteiger partial charge in [0.25, 0.3) is 0 Å². The molecule has 1 N–H and O–H groups in total. The Morgan fingerprint density at radius 2 is 1.81 bits per heavy atom. The number of nitrogens with zero attached hydrogens (tertiary/aromatic N) is 7. The van der Waals surface area contributed by atoms with Gasteiger partial charge in [0.15, 0.2) is 17.3 Å². The Morgan fingerprint density at radius 3 is 2.58 bits per heavy atom. The molecule has 1 aliphatic heterocycles. The molecule has 5 rings (SSSR count). The Labute approximate surface area is 189 Å². The van der Waals surface area contributed by atoms with E-state index in [1.807, 2.05) is 31.2 Å². The van der Waals surface area contributed by atoms with Crippen molar-refractivity contribution in [3.63, 3.8) is 0 Å². The summed E-state index contributed by atoms with van der Waals surface area (Å²) in [5.74, 6) is 2.24. The van der Waals surface area contributed by atoms with Crippen LogP contribution in [-0.2, 0) is 0 Å². The zero-order valence-electron chi connectivity index (χ0n) is 16.8. The second-order valence-corrected chi connectivity index (χ2v) is 8.51. The number of anilines is 2. The maximum Gasteiger partial charge on any atom is 0.185 e. The largest absolute Gasteiger partial charge is 0.364 e. The van der Waals surface area contributed by atoms with Crippen LogP contribution in [0.15, 0.2) is 42.5 Å². The molecule has 0 saturated carbocycles. The maximum atomic E-state index is 6.16. The minimum Gasteiger partial charge on any atom is -0.364 e. The maximum absolute atomic E-state index is 6.16. The SMILES string of the molecule is Cc1ccc(N2CCCC(Nc3ccc4nnc(-c5cc(Cl)cc(Cl)c5)n4n3)C2)nn1. The minimum atomic E-state index is 0.238. The fourth-order valence-electron chi connectivity index (χ4n) is 3.80. The summed E-state index contributed by atoms with van der Waals surface area (Å²) in [5.41, 5.74) is 2.33. The summed E-state index contributed by atoms with van der Waals surface area (Å²) < 4.78 is 1.70. The third-order valence-corrected chi connectivity index (χ3v) is 5.70. The summed E-state index contributed by atoms with van der Waals surface area (Å²) >= 11 is 12.3. The molecule has 0 radical (unpaired) electrons. The van der Waals surface area contributed by atoms with E-state index in [9.17, 15) is 0 Å². The van der Waals surface area contributed by atoms with E-state index in [1.165, 1.54) is 0 Å². The first-order chi connectivity index (χ1) is 15.0. The zero-order chi connectivity index (χ0) is 21.4. The number of rotatable bonds is 4. The number of aryl methyl sites for hydroxylation is 1. The number of piperidine rings is 1. The van der Waals surface area contributed by atoms with Crippen molar-refractivity contribution in [2.75, 3.05) is 23.3 Å². The van der Waals surface area contributed by atoms with Crippen molar-refractivity contribution < 1.29 is 0 Å². The highest BCUT2D eigenvalue weighted by Crippen LogP contribution is 2.27. The van der Waals surface area contributed by atoms with Gasteiger partial charge in [-0.2, -0.15) is 9.61 Å². The molecule has 1 atom stereocenters. The molecule has 0 bridgehead atoms. The normalized spacial score (nSPS) is 16.6. The molecular weight excluding hydrogens is 435 g/mol. The first kappa shape index (κ1) is 20.0. The van der Waals surface area contributed by atoms with Gasteiger partial charge in [-0.1, -0.05) is 23.2 Å². The van der Waals surface area contributed by atoms with Crippen LogP contribution in [0.3, 0.4) is 0 Å². The Balaban J connectivity index is 1.38. The van der Waals surface area contributed by atoms with E-state index >= 15 is 0 Å². The van der Waals surface area contributed by atoms with Crippen molar-refractivity contribution in [1.82, 2.24) is 30.0 Å². The second-order valence-electron chi connectivity index (χ2n) is 7.63. The monoisotopic (exact) mass is 454 g/mol. The van der Waals surface area contributed by atoms with Crippen molar-refractivity contribution in [3.05, 3.63) is 58.2 Å². The van der Waals surface area contributed by atoms with Crippen LogP contribution in [0.4, 0.5) is 11.6 Å². The van der Waals surface area contributed by atoms with E-state index in [0.29, 0.717) is 21.5 Å². The predicted molar refractivity (Wildman–Crippen MR) is 122 cm³/mol. The summed E-state index contributed by atoms with van der Waals surface area (Å²) in [6, 6.07) is 13.3. The van der Waals surface area contributed by atoms with Gasteiger partial charge < -0.3 is 10.2 Å². The van der Waals surface area contributed by atoms with E-state index in [0.717, 1.165) is 48.8 Å². The molecule has 8 nitrogen and oxygen atoms in total. The Bertz CT molecular complexity index is 1200. The summed E-state index contributed by atoms with van der Waals surface area (Å²) in [6.45, 7) is 3.74. The van der Waals surface area contributed by atoms with Crippen molar-refractivity contribution in [3.8, 4) is 11.4 Å². The lowest BCUT2D eigenvalue weighted by atomic mass is 10.1. The standard InChI is InChI=1S/C21H20Cl2N8/c1-13-4-6-19(26-25-13)30-8-2-3-17(12-30)24-18-5-7-20-27-28-21(31(20)29-18)14-9-15(22)11-16(23)10-14/h4-7,9-11,17H,2-3,8,12H2,1H3,(H,24,29). The Kier molecular flexibility index (Phi) is 5.33. The van der Waals surface area contributed by atoms with Crippen LogP contribution < -0.4 is 10.2 Å². The van der Waals surface area contributed by atoms with Gasteiger partial charge in [0.05, 0.1) is 5.69 Å². The second kappa shape index (κ2) is 8.28. The average molecular weight is 455 g/mol. The van der Waals surface area contributed by atoms with Crippen molar-refractivity contribution in [2.24, 2.45) is 0 Å². The fourth-order valence-corrected chi connectivity index (χ4v) is 4.33. The predicted octanol–water partition coefficient (Wildman–Crippen LogP) is 4.28. The summed E-state index contributed by atoms with van der Waals surface area (Å²) in [7, 11) is 0. The molecule has 10 heteroatoms. The third kappa shape index (κ3) is 4.26. The lowest BCUT2D eigenvalue weighted by Gasteiger charge is -2.33. The number of hydrogen-bond acceptors (Lipinski definition) is 7. The van der Waals surface area contributed by atoms with Crippen LogP contribution in [-0.4, -0.2) is 49.1 Å². The van der Waals surface area contributed by atoms with Gasteiger partial charge in [-0.05, 0) is 62.2 Å². The molecule has 1 unspecified atom stereocenters. The number of hydrogen-bond donors (Lipinski definition) is 1. The number of aromatic nitrogens is 6. The van der Waals surface area contributed by atoms with Gasteiger partial charge >= 0.3 is 0 Å². The smallest absolute Gasteiger partial charge is 0.185 e. The molecule has 4 aromatic rings. The topological polar surface area (TPSA) is 84.1 Å². The van der Waals surface area contributed by atoms with Crippen molar-refractivity contribution in [2.45, 2.75) is 25.8 Å².